The van der Waals surface area contributed by atoms with Crippen molar-refractivity contribution in [1.29, 1.82) is 0 Å². The Labute approximate surface area is 176 Å². The Morgan fingerprint density at radius 2 is 1.79 bits per heavy atom. The summed E-state index contributed by atoms with van der Waals surface area (Å²) < 4.78 is 5.73. The molecule has 0 atom stereocenters. The molecule has 3 rings (SSSR count). The molecule has 2 N–H and O–H groups in total. The Kier molecular flexibility index (Phi) is 8.58. The lowest BCUT2D eigenvalue weighted by atomic mass is 10.2. The number of rotatable bonds is 9. The van der Waals surface area contributed by atoms with Gasteiger partial charge in [0.2, 0.25) is 0 Å². The summed E-state index contributed by atoms with van der Waals surface area (Å²) in [6.07, 6.45) is 5.83. The van der Waals surface area contributed by atoms with Crippen molar-refractivity contribution in [1.82, 2.24) is 20.7 Å². The van der Waals surface area contributed by atoms with Crippen LogP contribution in [0.5, 0.6) is 5.75 Å². The van der Waals surface area contributed by atoms with E-state index in [0.717, 1.165) is 24.5 Å². The number of hydrogen-bond acceptors (Lipinski definition) is 5. The summed E-state index contributed by atoms with van der Waals surface area (Å²) >= 11 is 0. The fourth-order valence-corrected chi connectivity index (χ4v) is 2.64. The smallest absolute Gasteiger partial charge is 0.265 e. The molecule has 28 heavy (non-hydrogen) atoms. The van der Waals surface area contributed by atoms with Gasteiger partial charge in [-0.15, -0.1) is 23.6 Å². The maximum atomic E-state index is 12.2. The van der Waals surface area contributed by atoms with E-state index in [2.05, 4.69) is 22.3 Å². The van der Waals surface area contributed by atoms with Gasteiger partial charge in [0.1, 0.15) is 12.4 Å². The van der Waals surface area contributed by atoms with Gasteiger partial charge in [-0.1, -0.05) is 36.4 Å². The Morgan fingerprint density at radius 1 is 1.07 bits per heavy atom. The highest BCUT2D eigenvalue weighted by molar-refractivity contribution is 8.93. The molecule has 148 valence electrons. The molecule has 0 unspecified atom stereocenters. The summed E-state index contributed by atoms with van der Waals surface area (Å²) in [7, 11) is 0. The van der Waals surface area contributed by atoms with Gasteiger partial charge >= 0.3 is 0 Å². The maximum Gasteiger partial charge on any atom is 0.265 e. The lowest BCUT2D eigenvalue weighted by Crippen LogP contribution is -2.43. The molecule has 2 aromatic rings. The summed E-state index contributed by atoms with van der Waals surface area (Å²) in [6, 6.07) is 17.1. The average Bonchev–Trinajstić information content (AvgIpc) is 3.15. The number of ether oxygens (including phenoxy) is 1. The van der Waals surface area contributed by atoms with E-state index in [-0.39, 0.29) is 22.9 Å². The Bertz CT molecular complexity index is 781. The minimum absolute atomic E-state index is 0. The summed E-state index contributed by atoms with van der Waals surface area (Å²) in [4.78, 5) is 16.4. The van der Waals surface area contributed by atoms with Crippen molar-refractivity contribution in [3.63, 3.8) is 0 Å². The van der Waals surface area contributed by atoms with Gasteiger partial charge < -0.3 is 14.5 Å². The van der Waals surface area contributed by atoms with Crippen molar-refractivity contribution in [2.45, 2.75) is 6.61 Å². The predicted octanol–water partition coefficient (Wildman–Crippen LogP) is 3.27. The second kappa shape index (κ2) is 11.2. The normalized spacial score (nSPS) is 12.4. The van der Waals surface area contributed by atoms with Gasteiger partial charge in [0, 0.05) is 24.5 Å². The summed E-state index contributed by atoms with van der Waals surface area (Å²) in [5.74, 6) is 0.545. The highest BCUT2D eigenvalue weighted by Crippen LogP contribution is 2.14. The van der Waals surface area contributed by atoms with Gasteiger partial charge in [-0.25, -0.2) is 5.43 Å². The average molecular weight is 445 g/mol. The third kappa shape index (κ3) is 6.44. The molecule has 1 amide bonds. The first-order chi connectivity index (χ1) is 13.2. The largest absolute Gasteiger partial charge is 0.489 e. The van der Waals surface area contributed by atoms with E-state index in [1.54, 1.807) is 24.3 Å². The molecule has 2 aromatic carbocycles. The van der Waals surface area contributed by atoms with E-state index in [0.29, 0.717) is 18.8 Å². The summed E-state index contributed by atoms with van der Waals surface area (Å²) in [5, 5.41) is 0. The minimum atomic E-state index is -0.185. The van der Waals surface area contributed by atoms with E-state index in [1.807, 2.05) is 53.7 Å². The van der Waals surface area contributed by atoms with E-state index < -0.39 is 0 Å². The molecule has 1 aliphatic heterocycles. The van der Waals surface area contributed by atoms with Gasteiger partial charge in [0.25, 0.3) is 5.91 Å². The standard InChI is InChI=1S/C21H24N4O2.BrH/c1-2-12-24-13-14-25(17-24)16-22-23-21(26)19-8-10-20(11-9-19)27-15-18-6-4-3-5-7-18;/h2-11,13-14,22H,1,12,15-17H2,(H,23,26);1H. The van der Waals surface area contributed by atoms with Crippen LogP contribution in [0.3, 0.4) is 0 Å². The van der Waals surface area contributed by atoms with Crippen molar-refractivity contribution in [3.05, 3.63) is 90.8 Å². The Hall–Kier alpha value is -2.77. The molecule has 0 spiro atoms. The van der Waals surface area contributed by atoms with Crippen molar-refractivity contribution in [2.75, 3.05) is 19.9 Å². The number of benzene rings is 2. The number of halogens is 1. The molecule has 1 aliphatic rings. The second-order valence-electron chi connectivity index (χ2n) is 6.18. The fraction of sp³-hybridized carbons (Fsp3) is 0.190. The molecule has 0 aromatic heterocycles. The first kappa shape index (κ1) is 21.5. The van der Waals surface area contributed by atoms with Crippen LogP contribution in [0.15, 0.2) is 79.7 Å². The zero-order valence-electron chi connectivity index (χ0n) is 15.6. The van der Waals surface area contributed by atoms with Crippen LogP contribution in [-0.4, -0.2) is 35.6 Å². The van der Waals surface area contributed by atoms with Crippen molar-refractivity contribution in [2.24, 2.45) is 0 Å². The zero-order valence-corrected chi connectivity index (χ0v) is 17.3. The maximum absolute atomic E-state index is 12.2. The Morgan fingerprint density at radius 3 is 2.50 bits per heavy atom. The molecule has 0 radical (unpaired) electrons. The minimum Gasteiger partial charge on any atom is -0.489 e. The number of amides is 1. The SMILES string of the molecule is Br.C=CCN1C=CN(CNNC(=O)c2ccc(OCc3ccccc3)cc2)C1. The molecule has 0 fully saturated rings. The van der Waals surface area contributed by atoms with Crippen molar-refractivity contribution < 1.29 is 9.53 Å². The summed E-state index contributed by atoms with van der Waals surface area (Å²) in [6.45, 7) is 6.32. The van der Waals surface area contributed by atoms with E-state index >= 15 is 0 Å². The van der Waals surface area contributed by atoms with Crippen LogP contribution < -0.4 is 15.6 Å². The lowest BCUT2D eigenvalue weighted by Gasteiger charge is -2.20. The molecule has 0 bridgehead atoms. The van der Waals surface area contributed by atoms with Crippen LogP contribution in [0.1, 0.15) is 15.9 Å². The van der Waals surface area contributed by atoms with E-state index in [9.17, 15) is 4.79 Å². The number of nitrogens with zero attached hydrogens (tertiary/aromatic N) is 2. The molecule has 0 saturated carbocycles. The molecule has 0 saturated heterocycles. The van der Waals surface area contributed by atoms with Crippen LogP contribution >= 0.6 is 17.0 Å². The molecule has 1 heterocycles. The van der Waals surface area contributed by atoms with Crippen molar-refractivity contribution in [3.8, 4) is 5.75 Å². The third-order valence-electron chi connectivity index (χ3n) is 4.06. The first-order valence-electron chi connectivity index (χ1n) is 8.82. The first-order valence-corrected chi connectivity index (χ1v) is 8.82. The number of nitrogens with one attached hydrogen (secondary N) is 2. The molecular weight excluding hydrogens is 420 g/mol. The van der Waals surface area contributed by atoms with Gasteiger partial charge in [-0.3, -0.25) is 10.2 Å². The van der Waals surface area contributed by atoms with Crippen molar-refractivity contribution >= 4 is 22.9 Å². The topological polar surface area (TPSA) is 56.8 Å². The lowest BCUT2D eigenvalue weighted by molar-refractivity contribution is 0.0922. The van der Waals surface area contributed by atoms with Crippen LogP contribution in [-0.2, 0) is 6.61 Å². The highest BCUT2D eigenvalue weighted by Gasteiger charge is 2.11. The van der Waals surface area contributed by atoms with Gasteiger partial charge in [-0.2, -0.15) is 0 Å². The zero-order chi connectivity index (χ0) is 18.9. The van der Waals surface area contributed by atoms with Crippen LogP contribution in [0, 0.1) is 0 Å². The number of hydrazine groups is 1. The highest BCUT2D eigenvalue weighted by atomic mass is 79.9. The summed E-state index contributed by atoms with van der Waals surface area (Å²) in [5.41, 5.74) is 7.32. The fourth-order valence-electron chi connectivity index (χ4n) is 2.64. The molecule has 6 nitrogen and oxygen atoms in total. The third-order valence-corrected chi connectivity index (χ3v) is 4.06. The van der Waals surface area contributed by atoms with Gasteiger partial charge in [0.05, 0.1) is 13.3 Å². The quantitative estimate of drug-likeness (QED) is 0.459. The Balaban J connectivity index is 0.00000280. The number of carbonyl (C=O) groups is 1. The predicted molar refractivity (Wildman–Crippen MR) is 116 cm³/mol. The number of carbonyl (C=O) groups excluding carboxylic acids is 1. The number of hydrogen-bond donors (Lipinski definition) is 2. The van der Waals surface area contributed by atoms with Crippen LogP contribution in [0.25, 0.3) is 0 Å². The second-order valence-corrected chi connectivity index (χ2v) is 6.18. The van der Waals surface area contributed by atoms with E-state index in [4.69, 9.17) is 4.74 Å². The van der Waals surface area contributed by atoms with Gasteiger partial charge in [-0.05, 0) is 29.8 Å². The molecule has 7 heteroatoms. The van der Waals surface area contributed by atoms with Crippen LogP contribution in [0.2, 0.25) is 0 Å². The monoisotopic (exact) mass is 444 g/mol. The molecular formula is C21H25BrN4O2. The molecule has 0 aliphatic carbocycles. The van der Waals surface area contributed by atoms with Crippen LogP contribution in [0.4, 0.5) is 0 Å². The van der Waals surface area contributed by atoms with Gasteiger partial charge in [0.15, 0.2) is 0 Å². The van der Waals surface area contributed by atoms with E-state index in [1.165, 1.54) is 0 Å².